The molecule has 0 bridgehead atoms. The number of ether oxygens (including phenoxy) is 2. The highest BCUT2D eigenvalue weighted by molar-refractivity contribution is 5.95. The lowest BCUT2D eigenvalue weighted by molar-refractivity contribution is -0.143. The third-order valence-electron chi connectivity index (χ3n) is 3.62. The maximum absolute atomic E-state index is 13.8. The number of esters is 1. The van der Waals surface area contributed by atoms with Crippen LogP contribution in [0.15, 0.2) is 48.5 Å². The van der Waals surface area contributed by atoms with Gasteiger partial charge in [0.25, 0.3) is 5.91 Å². The van der Waals surface area contributed by atoms with Crippen molar-refractivity contribution in [1.82, 2.24) is 5.32 Å². The number of amides is 1. The number of rotatable bonds is 7. The van der Waals surface area contributed by atoms with Crippen LogP contribution in [0.1, 0.15) is 35.3 Å². The summed E-state index contributed by atoms with van der Waals surface area (Å²) >= 11 is 0. The molecule has 25 heavy (non-hydrogen) atoms. The van der Waals surface area contributed by atoms with E-state index in [2.05, 4.69) is 5.32 Å². The SMILES string of the molecule is CCOC(=O)C[C@@H](NC(=O)c1ccccc1F)c1ccc(OC)cc1. The standard InChI is InChI=1S/C19H20FNO4/c1-3-25-18(22)12-17(13-8-10-14(24-2)11-9-13)21-19(23)15-6-4-5-7-16(15)20/h4-11,17H,3,12H2,1-2H3,(H,21,23)/t17-/m1/s1. The van der Waals surface area contributed by atoms with E-state index in [1.165, 1.54) is 18.2 Å². The Bertz CT molecular complexity index is 730. The minimum Gasteiger partial charge on any atom is -0.497 e. The monoisotopic (exact) mass is 345 g/mol. The van der Waals surface area contributed by atoms with Gasteiger partial charge in [-0.1, -0.05) is 24.3 Å². The van der Waals surface area contributed by atoms with E-state index in [4.69, 9.17) is 9.47 Å². The lowest BCUT2D eigenvalue weighted by Gasteiger charge is -2.19. The van der Waals surface area contributed by atoms with Gasteiger partial charge in [0.05, 0.1) is 31.7 Å². The smallest absolute Gasteiger partial charge is 0.308 e. The molecule has 1 atom stereocenters. The van der Waals surface area contributed by atoms with Gasteiger partial charge in [-0.2, -0.15) is 0 Å². The van der Waals surface area contributed by atoms with Gasteiger partial charge in [0.1, 0.15) is 11.6 Å². The molecule has 0 spiro atoms. The van der Waals surface area contributed by atoms with E-state index in [1.54, 1.807) is 44.4 Å². The number of hydrogen-bond donors (Lipinski definition) is 1. The Morgan fingerprint density at radius 2 is 1.80 bits per heavy atom. The maximum Gasteiger partial charge on any atom is 0.308 e. The summed E-state index contributed by atoms with van der Waals surface area (Å²) in [5.74, 6) is -1.01. The van der Waals surface area contributed by atoms with Crippen LogP contribution in [0.25, 0.3) is 0 Å². The Labute approximate surface area is 145 Å². The van der Waals surface area contributed by atoms with Gasteiger partial charge in [-0.15, -0.1) is 0 Å². The number of hydrogen-bond acceptors (Lipinski definition) is 4. The molecule has 1 amide bonds. The Balaban J connectivity index is 2.22. The molecule has 0 heterocycles. The molecule has 1 N–H and O–H groups in total. The summed E-state index contributed by atoms with van der Waals surface area (Å²) in [5, 5.41) is 2.70. The first-order valence-corrected chi connectivity index (χ1v) is 7.90. The van der Waals surface area contributed by atoms with E-state index < -0.39 is 23.7 Å². The zero-order valence-electron chi connectivity index (χ0n) is 14.1. The molecular formula is C19H20FNO4. The highest BCUT2D eigenvalue weighted by Crippen LogP contribution is 2.22. The number of carbonyl (C=O) groups is 2. The summed E-state index contributed by atoms with van der Waals surface area (Å²) in [6.07, 6.45) is -0.0552. The number of halogens is 1. The molecule has 0 aliphatic heterocycles. The minimum atomic E-state index is -0.642. The predicted molar refractivity (Wildman–Crippen MR) is 90.9 cm³/mol. The normalized spacial score (nSPS) is 11.5. The molecule has 5 nitrogen and oxygen atoms in total. The molecule has 0 unspecified atom stereocenters. The minimum absolute atomic E-state index is 0.0552. The highest BCUT2D eigenvalue weighted by Gasteiger charge is 2.21. The van der Waals surface area contributed by atoms with Gasteiger partial charge in [0.2, 0.25) is 0 Å². The second-order valence-corrected chi connectivity index (χ2v) is 5.29. The summed E-state index contributed by atoms with van der Waals surface area (Å²) in [7, 11) is 1.55. The van der Waals surface area contributed by atoms with E-state index in [-0.39, 0.29) is 18.6 Å². The van der Waals surface area contributed by atoms with Gasteiger partial charge in [-0.3, -0.25) is 9.59 Å². The molecule has 0 saturated heterocycles. The van der Waals surface area contributed by atoms with Crippen molar-refractivity contribution >= 4 is 11.9 Å². The Kier molecular flexibility index (Phi) is 6.51. The third kappa shape index (κ3) is 5.04. The molecule has 0 saturated carbocycles. The van der Waals surface area contributed by atoms with Crippen molar-refractivity contribution in [3.05, 3.63) is 65.5 Å². The van der Waals surface area contributed by atoms with Crippen molar-refractivity contribution in [2.24, 2.45) is 0 Å². The highest BCUT2D eigenvalue weighted by atomic mass is 19.1. The average Bonchev–Trinajstić information content (AvgIpc) is 2.61. The lowest BCUT2D eigenvalue weighted by Crippen LogP contribution is -2.31. The van der Waals surface area contributed by atoms with Gasteiger partial charge < -0.3 is 14.8 Å². The van der Waals surface area contributed by atoms with Crippen molar-refractivity contribution in [2.75, 3.05) is 13.7 Å². The number of benzene rings is 2. The molecule has 2 aromatic rings. The van der Waals surface area contributed by atoms with E-state index in [0.717, 1.165) is 0 Å². The van der Waals surface area contributed by atoms with Gasteiger partial charge in [-0.25, -0.2) is 4.39 Å². The van der Waals surface area contributed by atoms with Crippen LogP contribution in [-0.4, -0.2) is 25.6 Å². The van der Waals surface area contributed by atoms with Gasteiger partial charge >= 0.3 is 5.97 Å². The van der Waals surface area contributed by atoms with E-state index in [0.29, 0.717) is 11.3 Å². The van der Waals surface area contributed by atoms with Crippen molar-refractivity contribution in [3.8, 4) is 5.75 Å². The van der Waals surface area contributed by atoms with Crippen molar-refractivity contribution in [3.63, 3.8) is 0 Å². The van der Waals surface area contributed by atoms with Gasteiger partial charge in [-0.05, 0) is 36.8 Å². The van der Waals surface area contributed by atoms with Crippen LogP contribution in [0.2, 0.25) is 0 Å². The fourth-order valence-corrected chi connectivity index (χ4v) is 2.36. The number of nitrogens with one attached hydrogen (secondary N) is 1. The second-order valence-electron chi connectivity index (χ2n) is 5.29. The second kappa shape index (κ2) is 8.82. The van der Waals surface area contributed by atoms with Crippen molar-refractivity contribution < 1.29 is 23.5 Å². The molecule has 2 aromatic carbocycles. The molecule has 0 aliphatic rings. The van der Waals surface area contributed by atoms with Crippen LogP contribution in [-0.2, 0) is 9.53 Å². The Morgan fingerprint density at radius 1 is 1.12 bits per heavy atom. The van der Waals surface area contributed by atoms with Gasteiger partial charge in [0, 0.05) is 0 Å². The first-order valence-electron chi connectivity index (χ1n) is 7.90. The quantitative estimate of drug-likeness (QED) is 0.783. The summed E-state index contributed by atoms with van der Waals surface area (Å²) in [4.78, 5) is 24.2. The average molecular weight is 345 g/mol. The first kappa shape index (κ1) is 18.4. The van der Waals surface area contributed by atoms with E-state index >= 15 is 0 Å². The molecular weight excluding hydrogens is 325 g/mol. The molecule has 0 aliphatic carbocycles. The van der Waals surface area contributed by atoms with Crippen LogP contribution in [0.3, 0.4) is 0 Å². The topological polar surface area (TPSA) is 64.6 Å². The summed E-state index contributed by atoms with van der Waals surface area (Å²) < 4.78 is 23.9. The molecule has 2 rings (SSSR count). The fraction of sp³-hybridized carbons (Fsp3) is 0.263. The Hall–Kier alpha value is -2.89. The summed E-state index contributed by atoms with van der Waals surface area (Å²) in [6, 6.07) is 12.0. The molecule has 0 radical (unpaired) electrons. The lowest BCUT2D eigenvalue weighted by atomic mass is 10.0. The Morgan fingerprint density at radius 3 is 2.40 bits per heavy atom. The van der Waals surface area contributed by atoms with Crippen LogP contribution >= 0.6 is 0 Å². The van der Waals surface area contributed by atoms with E-state index in [9.17, 15) is 14.0 Å². The van der Waals surface area contributed by atoms with Crippen LogP contribution < -0.4 is 10.1 Å². The summed E-state index contributed by atoms with van der Waals surface area (Å²) in [6.45, 7) is 1.95. The zero-order chi connectivity index (χ0) is 18.2. The van der Waals surface area contributed by atoms with Crippen LogP contribution in [0, 0.1) is 5.82 Å². The van der Waals surface area contributed by atoms with Crippen LogP contribution in [0.4, 0.5) is 4.39 Å². The van der Waals surface area contributed by atoms with E-state index in [1.807, 2.05) is 0 Å². The number of carbonyl (C=O) groups excluding carboxylic acids is 2. The molecule has 132 valence electrons. The molecule has 0 fully saturated rings. The van der Waals surface area contributed by atoms with Crippen molar-refractivity contribution in [2.45, 2.75) is 19.4 Å². The van der Waals surface area contributed by atoms with Gasteiger partial charge in [0.15, 0.2) is 0 Å². The fourth-order valence-electron chi connectivity index (χ4n) is 2.36. The maximum atomic E-state index is 13.8. The third-order valence-corrected chi connectivity index (χ3v) is 3.62. The predicted octanol–water partition coefficient (Wildman–Crippen LogP) is 3.26. The molecule has 0 aromatic heterocycles. The first-order chi connectivity index (χ1) is 12.0. The van der Waals surface area contributed by atoms with Crippen molar-refractivity contribution in [1.29, 1.82) is 0 Å². The summed E-state index contributed by atoms with van der Waals surface area (Å²) in [5.41, 5.74) is 0.614. The number of methoxy groups -OCH3 is 1. The molecule has 6 heteroatoms. The largest absolute Gasteiger partial charge is 0.497 e. The zero-order valence-corrected chi connectivity index (χ0v) is 14.1. The van der Waals surface area contributed by atoms with Crippen LogP contribution in [0.5, 0.6) is 5.75 Å².